The van der Waals surface area contributed by atoms with Gasteiger partial charge in [-0.1, -0.05) is 71.7 Å². The molecule has 0 spiro atoms. The molecule has 30 heavy (non-hydrogen) atoms. The van der Waals surface area contributed by atoms with Crippen molar-refractivity contribution in [2.75, 3.05) is 7.11 Å². The van der Waals surface area contributed by atoms with E-state index in [-0.39, 0.29) is 12.5 Å². The summed E-state index contributed by atoms with van der Waals surface area (Å²) in [6, 6.07) is 15.1. The van der Waals surface area contributed by atoms with Crippen molar-refractivity contribution < 1.29 is 14.3 Å². The first-order valence-corrected chi connectivity index (χ1v) is 11.1. The van der Waals surface area contributed by atoms with Crippen LogP contribution in [0.2, 0.25) is 5.02 Å². The van der Waals surface area contributed by atoms with Crippen LogP contribution in [-0.2, 0) is 20.9 Å². The van der Waals surface area contributed by atoms with Crippen LogP contribution in [0.25, 0.3) is 0 Å². The molecule has 0 radical (unpaired) electrons. The molecule has 6 heteroatoms. The highest BCUT2D eigenvalue weighted by atomic mass is 79.9. The van der Waals surface area contributed by atoms with Gasteiger partial charge in [-0.25, -0.2) is 4.79 Å². The van der Waals surface area contributed by atoms with Gasteiger partial charge in [0.15, 0.2) is 0 Å². The SMILES string of the molecule is COC(=O)C(C)(C)N(Cc1ccccc1Br)C(=O)C(CC(C)C)c1ccc(Cl)cc1. The van der Waals surface area contributed by atoms with E-state index in [1.165, 1.54) is 7.11 Å². The quantitative estimate of drug-likeness (QED) is 0.410. The summed E-state index contributed by atoms with van der Waals surface area (Å²) in [5.74, 6) is -0.672. The van der Waals surface area contributed by atoms with Gasteiger partial charge in [0, 0.05) is 16.0 Å². The first-order chi connectivity index (χ1) is 14.1. The number of esters is 1. The zero-order valence-electron chi connectivity index (χ0n) is 18.1. The Bertz CT molecular complexity index is 880. The largest absolute Gasteiger partial charge is 0.467 e. The Labute approximate surface area is 192 Å². The number of carbonyl (C=O) groups excluding carboxylic acids is 2. The smallest absolute Gasteiger partial charge is 0.331 e. The standard InChI is InChI=1S/C24H29BrClNO3/c1-16(2)14-20(17-10-12-19(26)13-11-17)22(28)27(24(3,4)23(29)30-5)15-18-8-6-7-9-21(18)25/h6-13,16,20H,14-15H2,1-5H3. The van der Waals surface area contributed by atoms with Crippen molar-refractivity contribution in [3.8, 4) is 0 Å². The average molecular weight is 495 g/mol. The number of nitrogens with zero attached hydrogens (tertiary/aromatic N) is 1. The summed E-state index contributed by atoms with van der Waals surface area (Å²) in [4.78, 5) is 28.2. The van der Waals surface area contributed by atoms with Crippen LogP contribution >= 0.6 is 27.5 Å². The Hall–Kier alpha value is -1.85. The number of ether oxygens (including phenoxy) is 1. The second kappa shape index (κ2) is 10.5. The molecular weight excluding hydrogens is 466 g/mol. The lowest BCUT2D eigenvalue weighted by molar-refractivity contribution is -0.161. The molecule has 0 aliphatic heterocycles. The minimum absolute atomic E-state index is 0.114. The van der Waals surface area contributed by atoms with Crippen LogP contribution < -0.4 is 0 Å². The van der Waals surface area contributed by atoms with Gasteiger partial charge in [0.05, 0.1) is 13.0 Å². The van der Waals surface area contributed by atoms with Gasteiger partial charge in [0.1, 0.15) is 5.54 Å². The zero-order valence-corrected chi connectivity index (χ0v) is 20.5. The third-order valence-electron chi connectivity index (χ3n) is 5.19. The van der Waals surface area contributed by atoms with Gasteiger partial charge in [-0.15, -0.1) is 0 Å². The fraction of sp³-hybridized carbons (Fsp3) is 0.417. The fourth-order valence-corrected chi connectivity index (χ4v) is 3.98. The van der Waals surface area contributed by atoms with Crippen LogP contribution in [0.4, 0.5) is 0 Å². The van der Waals surface area contributed by atoms with E-state index in [4.69, 9.17) is 16.3 Å². The lowest BCUT2D eigenvalue weighted by atomic mass is 9.87. The molecule has 0 N–H and O–H groups in total. The monoisotopic (exact) mass is 493 g/mol. The van der Waals surface area contributed by atoms with Gasteiger partial charge in [-0.2, -0.15) is 0 Å². The van der Waals surface area contributed by atoms with Crippen molar-refractivity contribution in [1.82, 2.24) is 4.90 Å². The maximum atomic E-state index is 13.9. The van der Waals surface area contributed by atoms with E-state index in [1.54, 1.807) is 30.9 Å². The molecule has 0 aliphatic rings. The second-order valence-corrected chi connectivity index (χ2v) is 9.59. The van der Waals surface area contributed by atoms with Crippen LogP contribution in [-0.4, -0.2) is 29.4 Å². The molecule has 4 nitrogen and oxygen atoms in total. The number of amides is 1. The molecule has 2 aromatic rings. The minimum Gasteiger partial charge on any atom is -0.467 e. The number of hydrogen-bond acceptors (Lipinski definition) is 3. The molecule has 0 saturated carbocycles. The highest BCUT2D eigenvalue weighted by Crippen LogP contribution is 2.32. The predicted molar refractivity (Wildman–Crippen MR) is 124 cm³/mol. The molecule has 0 saturated heterocycles. The van der Waals surface area contributed by atoms with Crippen LogP contribution in [0, 0.1) is 5.92 Å². The van der Waals surface area contributed by atoms with Gasteiger partial charge in [0.25, 0.3) is 0 Å². The Balaban J connectivity index is 2.52. The summed E-state index contributed by atoms with van der Waals surface area (Å²) in [7, 11) is 1.34. The summed E-state index contributed by atoms with van der Waals surface area (Å²) >= 11 is 9.62. The van der Waals surface area contributed by atoms with Crippen molar-refractivity contribution in [1.29, 1.82) is 0 Å². The van der Waals surface area contributed by atoms with Crippen LogP contribution in [0.5, 0.6) is 0 Å². The molecule has 0 bridgehead atoms. The van der Waals surface area contributed by atoms with Crippen molar-refractivity contribution in [3.05, 3.63) is 69.2 Å². The van der Waals surface area contributed by atoms with Gasteiger partial charge in [-0.05, 0) is 55.5 Å². The summed E-state index contributed by atoms with van der Waals surface area (Å²) < 4.78 is 5.92. The van der Waals surface area contributed by atoms with Crippen LogP contribution in [0.3, 0.4) is 0 Å². The highest BCUT2D eigenvalue weighted by molar-refractivity contribution is 9.10. The number of rotatable bonds is 8. The van der Waals surface area contributed by atoms with E-state index in [1.807, 2.05) is 36.4 Å². The van der Waals surface area contributed by atoms with E-state index in [0.29, 0.717) is 17.4 Å². The molecule has 0 fully saturated rings. The Morgan fingerprint density at radius 3 is 2.23 bits per heavy atom. The van der Waals surface area contributed by atoms with Gasteiger partial charge in [0.2, 0.25) is 5.91 Å². The second-order valence-electron chi connectivity index (χ2n) is 8.30. The molecule has 1 unspecified atom stereocenters. The van der Waals surface area contributed by atoms with E-state index >= 15 is 0 Å². The Morgan fingerprint density at radius 2 is 1.70 bits per heavy atom. The summed E-state index contributed by atoms with van der Waals surface area (Å²) in [6.45, 7) is 7.90. The van der Waals surface area contributed by atoms with Crippen molar-refractivity contribution in [2.45, 2.75) is 52.1 Å². The molecule has 0 heterocycles. The lowest BCUT2D eigenvalue weighted by Crippen LogP contribution is -2.54. The molecule has 2 rings (SSSR count). The first-order valence-electron chi connectivity index (χ1n) is 9.96. The highest BCUT2D eigenvalue weighted by Gasteiger charge is 2.41. The van der Waals surface area contributed by atoms with Crippen molar-refractivity contribution in [3.63, 3.8) is 0 Å². The maximum Gasteiger partial charge on any atom is 0.331 e. The fourth-order valence-electron chi connectivity index (χ4n) is 3.44. The number of carbonyl (C=O) groups is 2. The topological polar surface area (TPSA) is 46.6 Å². The van der Waals surface area contributed by atoms with E-state index in [9.17, 15) is 9.59 Å². The van der Waals surface area contributed by atoms with Gasteiger partial charge >= 0.3 is 5.97 Å². The van der Waals surface area contributed by atoms with Gasteiger partial charge < -0.3 is 9.64 Å². The summed E-state index contributed by atoms with van der Waals surface area (Å²) in [6.07, 6.45) is 0.657. The van der Waals surface area contributed by atoms with Crippen molar-refractivity contribution in [2.24, 2.45) is 5.92 Å². The van der Waals surface area contributed by atoms with E-state index < -0.39 is 17.4 Å². The third-order valence-corrected chi connectivity index (χ3v) is 6.22. The molecule has 1 amide bonds. The number of hydrogen-bond donors (Lipinski definition) is 0. The Kier molecular flexibility index (Phi) is 8.51. The van der Waals surface area contributed by atoms with E-state index in [0.717, 1.165) is 15.6 Å². The van der Waals surface area contributed by atoms with Crippen LogP contribution in [0.15, 0.2) is 53.0 Å². The molecule has 0 aliphatic carbocycles. The first kappa shape index (κ1) is 24.4. The summed E-state index contributed by atoms with van der Waals surface area (Å²) in [5.41, 5.74) is 0.668. The number of benzene rings is 2. The number of halogens is 2. The molecule has 162 valence electrons. The van der Waals surface area contributed by atoms with Gasteiger partial charge in [-0.3, -0.25) is 4.79 Å². The lowest BCUT2D eigenvalue weighted by Gasteiger charge is -2.39. The predicted octanol–water partition coefficient (Wildman–Crippen LogP) is 6.21. The molecule has 2 aromatic carbocycles. The third kappa shape index (κ3) is 5.86. The normalized spacial score (nSPS) is 12.5. The summed E-state index contributed by atoms with van der Waals surface area (Å²) in [5, 5.41) is 0.620. The van der Waals surface area contributed by atoms with Crippen molar-refractivity contribution >= 4 is 39.4 Å². The maximum absolute atomic E-state index is 13.9. The molecule has 1 atom stereocenters. The van der Waals surface area contributed by atoms with Crippen LogP contribution in [0.1, 0.15) is 51.2 Å². The average Bonchev–Trinajstić information content (AvgIpc) is 2.70. The zero-order chi connectivity index (χ0) is 22.5. The van der Waals surface area contributed by atoms with E-state index in [2.05, 4.69) is 29.8 Å². The Morgan fingerprint density at radius 1 is 1.10 bits per heavy atom. The molecule has 0 aromatic heterocycles. The minimum atomic E-state index is -1.14. The number of methoxy groups -OCH3 is 1. The molecular formula is C24H29BrClNO3.